The molecule has 2 heterocycles. The van der Waals surface area contributed by atoms with E-state index >= 15 is 0 Å². The van der Waals surface area contributed by atoms with Crippen LogP contribution in [0.15, 0.2) is 48.5 Å². The highest BCUT2D eigenvalue weighted by atomic mass is 19.1. The zero-order chi connectivity index (χ0) is 24.0. The third-order valence-corrected chi connectivity index (χ3v) is 6.02. The number of amides is 2. The minimum Gasteiger partial charge on any atom is -0.490 e. The van der Waals surface area contributed by atoms with Crippen molar-refractivity contribution in [2.24, 2.45) is 0 Å². The molecule has 2 saturated heterocycles. The van der Waals surface area contributed by atoms with Crippen LogP contribution in [-0.4, -0.2) is 79.8 Å². The lowest BCUT2D eigenvalue weighted by Gasteiger charge is -2.43. The number of rotatable bonds is 7. The molecule has 0 saturated carbocycles. The summed E-state index contributed by atoms with van der Waals surface area (Å²) in [6.07, 6.45) is 0.154. The number of ether oxygens (including phenoxy) is 3. The first-order valence-electron chi connectivity index (χ1n) is 11.3. The van der Waals surface area contributed by atoms with E-state index in [2.05, 4.69) is 0 Å². The molecule has 2 aliphatic rings. The maximum atomic E-state index is 13.3. The molecule has 2 amide bonds. The van der Waals surface area contributed by atoms with E-state index in [9.17, 15) is 18.4 Å². The van der Waals surface area contributed by atoms with Crippen LogP contribution in [0.5, 0.6) is 5.75 Å². The van der Waals surface area contributed by atoms with Crippen molar-refractivity contribution in [1.82, 2.24) is 9.80 Å². The number of halogens is 2. The fourth-order valence-electron chi connectivity index (χ4n) is 4.14. The molecule has 0 aliphatic carbocycles. The number of hydrogen-bond acceptors (Lipinski definition) is 5. The van der Waals surface area contributed by atoms with Gasteiger partial charge in [-0.1, -0.05) is 12.1 Å². The van der Waals surface area contributed by atoms with Gasteiger partial charge < -0.3 is 24.0 Å². The summed E-state index contributed by atoms with van der Waals surface area (Å²) in [5.74, 6) is -0.533. The van der Waals surface area contributed by atoms with E-state index in [1.807, 2.05) is 0 Å². The Kier molecular flexibility index (Phi) is 7.74. The number of carbonyl (C=O) groups is 2. The van der Waals surface area contributed by atoms with E-state index in [0.29, 0.717) is 44.2 Å². The second-order valence-corrected chi connectivity index (χ2v) is 8.56. The van der Waals surface area contributed by atoms with Gasteiger partial charge in [-0.2, -0.15) is 0 Å². The molecule has 0 radical (unpaired) electrons. The first-order valence-corrected chi connectivity index (χ1v) is 11.3. The monoisotopic (exact) mass is 474 g/mol. The molecule has 1 atom stereocenters. The SMILES string of the molecule is O=C(C[C@@]1(COc2ccc(F)cc2)CN(C(=O)Cc2ccc(F)cc2)CCO1)N1CCOCC1. The molecule has 0 bridgehead atoms. The standard InChI is InChI=1S/C25H28F2N2O5/c26-20-3-1-19(2-4-20)15-23(30)29-11-14-34-25(17-29,16-24(31)28-9-12-32-13-10-28)18-33-22-7-5-21(27)6-8-22/h1-8H,9-18H2/t25-/m0/s1. The van der Waals surface area contributed by atoms with Crippen LogP contribution in [0.2, 0.25) is 0 Å². The summed E-state index contributed by atoms with van der Waals surface area (Å²) in [5.41, 5.74) is -0.351. The highest BCUT2D eigenvalue weighted by molar-refractivity contribution is 5.80. The summed E-state index contributed by atoms with van der Waals surface area (Å²) >= 11 is 0. The van der Waals surface area contributed by atoms with Gasteiger partial charge in [0, 0.05) is 19.6 Å². The molecule has 2 aliphatic heterocycles. The number of hydrogen-bond donors (Lipinski definition) is 0. The van der Waals surface area contributed by atoms with Gasteiger partial charge >= 0.3 is 0 Å². The molecular weight excluding hydrogens is 446 g/mol. The number of carbonyl (C=O) groups excluding carboxylic acids is 2. The Morgan fingerprint density at radius 3 is 2.15 bits per heavy atom. The van der Waals surface area contributed by atoms with E-state index in [0.717, 1.165) is 0 Å². The summed E-state index contributed by atoms with van der Waals surface area (Å²) in [7, 11) is 0. The predicted octanol–water partition coefficient (Wildman–Crippen LogP) is 2.43. The first kappa shape index (κ1) is 24.1. The molecule has 0 unspecified atom stereocenters. The Morgan fingerprint density at radius 1 is 0.853 bits per heavy atom. The lowest BCUT2D eigenvalue weighted by atomic mass is 9.96. The maximum absolute atomic E-state index is 13.3. The number of benzene rings is 2. The van der Waals surface area contributed by atoms with Crippen molar-refractivity contribution < 1.29 is 32.6 Å². The molecule has 0 aromatic heterocycles. The fourth-order valence-corrected chi connectivity index (χ4v) is 4.14. The van der Waals surface area contributed by atoms with Gasteiger partial charge in [0.1, 0.15) is 29.6 Å². The molecule has 0 N–H and O–H groups in total. The van der Waals surface area contributed by atoms with E-state index < -0.39 is 5.60 Å². The third kappa shape index (κ3) is 6.30. The highest BCUT2D eigenvalue weighted by Gasteiger charge is 2.42. The second-order valence-electron chi connectivity index (χ2n) is 8.56. The smallest absolute Gasteiger partial charge is 0.227 e. The minimum atomic E-state index is -1.06. The van der Waals surface area contributed by atoms with Gasteiger partial charge in [0.05, 0.1) is 39.2 Å². The van der Waals surface area contributed by atoms with Crippen molar-refractivity contribution in [3.05, 3.63) is 65.7 Å². The second kappa shape index (κ2) is 10.9. The number of nitrogens with zero attached hydrogens (tertiary/aromatic N) is 2. The molecule has 4 rings (SSSR count). The van der Waals surface area contributed by atoms with Crippen LogP contribution in [0.25, 0.3) is 0 Å². The Balaban J connectivity index is 1.48. The molecule has 182 valence electrons. The van der Waals surface area contributed by atoms with Crippen LogP contribution in [-0.2, 0) is 25.5 Å². The summed E-state index contributed by atoms with van der Waals surface area (Å²) < 4.78 is 43.8. The lowest BCUT2D eigenvalue weighted by molar-refractivity contribution is -0.167. The van der Waals surface area contributed by atoms with Crippen LogP contribution in [0, 0.1) is 11.6 Å². The van der Waals surface area contributed by atoms with Crippen LogP contribution < -0.4 is 4.74 Å². The highest BCUT2D eigenvalue weighted by Crippen LogP contribution is 2.26. The molecule has 34 heavy (non-hydrogen) atoms. The van der Waals surface area contributed by atoms with Gasteiger partial charge in [-0.15, -0.1) is 0 Å². The van der Waals surface area contributed by atoms with Crippen LogP contribution in [0.3, 0.4) is 0 Å². The van der Waals surface area contributed by atoms with Gasteiger partial charge in [-0.05, 0) is 42.0 Å². The molecule has 0 spiro atoms. The van der Waals surface area contributed by atoms with Crippen molar-refractivity contribution in [2.75, 3.05) is 52.6 Å². The fraction of sp³-hybridized carbons (Fsp3) is 0.440. The third-order valence-electron chi connectivity index (χ3n) is 6.02. The lowest BCUT2D eigenvalue weighted by Crippen LogP contribution is -2.59. The van der Waals surface area contributed by atoms with Gasteiger partial charge in [-0.25, -0.2) is 8.78 Å². The molecule has 2 aromatic rings. The first-order chi connectivity index (χ1) is 16.4. The summed E-state index contributed by atoms with van der Waals surface area (Å²) in [4.78, 5) is 29.5. The Hall–Kier alpha value is -3.04. The van der Waals surface area contributed by atoms with Gasteiger partial charge in [-0.3, -0.25) is 9.59 Å². The van der Waals surface area contributed by atoms with Gasteiger partial charge in [0.2, 0.25) is 11.8 Å². The van der Waals surface area contributed by atoms with Crippen LogP contribution in [0.1, 0.15) is 12.0 Å². The Bertz CT molecular complexity index is 980. The number of morpholine rings is 2. The molecular formula is C25H28F2N2O5. The summed E-state index contributed by atoms with van der Waals surface area (Å²) in [5, 5.41) is 0. The topological polar surface area (TPSA) is 68.3 Å². The molecule has 9 heteroatoms. The minimum absolute atomic E-state index is 0.0229. The summed E-state index contributed by atoms with van der Waals surface area (Å²) in [6.45, 7) is 2.78. The van der Waals surface area contributed by atoms with E-state index in [-0.39, 0.29) is 56.0 Å². The zero-order valence-electron chi connectivity index (χ0n) is 18.9. The average molecular weight is 475 g/mol. The van der Waals surface area contributed by atoms with Crippen molar-refractivity contribution in [1.29, 1.82) is 0 Å². The van der Waals surface area contributed by atoms with Gasteiger partial charge in [0.15, 0.2) is 0 Å². The van der Waals surface area contributed by atoms with Crippen LogP contribution in [0.4, 0.5) is 8.78 Å². The normalized spacial score (nSPS) is 20.8. The molecule has 2 fully saturated rings. The van der Waals surface area contributed by atoms with Crippen molar-refractivity contribution in [3.63, 3.8) is 0 Å². The van der Waals surface area contributed by atoms with E-state index in [1.54, 1.807) is 21.9 Å². The molecule has 7 nitrogen and oxygen atoms in total. The largest absolute Gasteiger partial charge is 0.490 e. The molecule has 2 aromatic carbocycles. The average Bonchev–Trinajstić information content (AvgIpc) is 2.86. The Morgan fingerprint density at radius 2 is 1.47 bits per heavy atom. The van der Waals surface area contributed by atoms with Crippen molar-refractivity contribution in [3.8, 4) is 5.75 Å². The predicted molar refractivity (Wildman–Crippen MR) is 119 cm³/mol. The Labute approximate surface area is 197 Å². The van der Waals surface area contributed by atoms with E-state index in [1.165, 1.54) is 36.4 Å². The maximum Gasteiger partial charge on any atom is 0.227 e. The summed E-state index contributed by atoms with van der Waals surface area (Å²) in [6, 6.07) is 11.4. The quantitative estimate of drug-likeness (QED) is 0.617. The van der Waals surface area contributed by atoms with Crippen molar-refractivity contribution in [2.45, 2.75) is 18.4 Å². The van der Waals surface area contributed by atoms with Crippen LogP contribution >= 0.6 is 0 Å². The van der Waals surface area contributed by atoms with Crippen molar-refractivity contribution >= 4 is 11.8 Å². The van der Waals surface area contributed by atoms with E-state index in [4.69, 9.17) is 14.2 Å². The van der Waals surface area contributed by atoms with Gasteiger partial charge in [0.25, 0.3) is 0 Å². The zero-order valence-corrected chi connectivity index (χ0v) is 18.9.